The SMILES string of the molecule is COc1ccc2c(c1)CCC/C2=N/NS(=O)(=O)c1ccc(NC(C)=O)cc1. The molecule has 0 heterocycles. The minimum Gasteiger partial charge on any atom is -0.497 e. The number of carbonyl (C=O) groups excluding carboxylic acids is 1. The van der Waals surface area contributed by atoms with Gasteiger partial charge in [-0.2, -0.15) is 18.4 Å². The van der Waals surface area contributed by atoms with E-state index in [1.54, 1.807) is 7.11 Å². The summed E-state index contributed by atoms with van der Waals surface area (Å²) in [7, 11) is -2.18. The lowest BCUT2D eigenvalue weighted by Crippen LogP contribution is -2.22. The zero-order valence-electron chi connectivity index (χ0n) is 15.2. The van der Waals surface area contributed by atoms with Gasteiger partial charge in [0.2, 0.25) is 5.91 Å². The highest BCUT2D eigenvalue weighted by Gasteiger charge is 2.18. The smallest absolute Gasteiger partial charge is 0.276 e. The van der Waals surface area contributed by atoms with E-state index >= 15 is 0 Å². The molecule has 0 radical (unpaired) electrons. The topological polar surface area (TPSA) is 96.9 Å². The third-order valence-corrected chi connectivity index (χ3v) is 5.49. The first kappa shape index (κ1) is 18.9. The normalized spacial score (nSPS) is 15.1. The van der Waals surface area contributed by atoms with Crippen LogP contribution in [0.1, 0.15) is 30.9 Å². The first-order chi connectivity index (χ1) is 12.9. The Labute approximate surface area is 158 Å². The van der Waals surface area contributed by atoms with Crippen LogP contribution in [0.2, 0.25) is 0 Å². The van der Waals surface area contributed by atoms with Crippen LogP contribution < -0.4 is 14.9 Å². The van der Waals surface area contributed by atoms with Crippen LogP contribution in [0.15, 0.2) is 52.5 Å². The van der Waals surface area contributed by atoms with E-state index in [2.05, 4.69) is 15.2 Å². The predicted octanol–water partition coefficient (Wildman–Crippen LogP) is 2.67. The van der Waals surface area contributed by atoms with Gasteiger partial charge in [0.1, 0.15) is 5.75 Å². The number of hydrazone groups is 1. The molecule has 7 nitrogen and oxygen atoms in total. The lowest BCUT2D eigenvalue weighted by molar-refractivity contribution is -0.114. The van der Waals surface area contributed by atoms with Crippen molar-refractivity contribution in [3.63, 3.8) is 0 Å². The van der Waals surface area contributed by atoms with Gasteiger partial charge in [-0.3, -0.25) is 4.79 Å². The number of sulfonamides is 1. The summed E-state index contributed by atoms with van der Waals surface area (Å²) in [6.45, 7) is 1.39. The molecule has 0 saturated carbocycles. The van der Waals surface area contributed by atoms with Crippen LogP contribution in [0.25, 0.3) is 0 Å². The molecule has 0 bridgehead atoms. The fraction of sp³-hybridized carbons (Fsp3) is 0.263. The Hall–Kier alpha value is -2.87. The van der Waals surface area contributed by atoms with Crippen molar-refractivity contribution < 1.29 is 17.9 Å². The van der Waals surface area contributed by atoms with Gasteiger partial charge < -0.3 is 10.1 Å². The first-order valence-electron chi connectivity index (χ1n) is 8.52. The molecule has 0 atom stereocenters. The number of nitrogens with zero attached hydrogens (tertiary/aromatic N) is 1. The van der Waals surface area contributed by atoms with Crippen molar-refractivity contribution in [3.05, 3.63) is 53.6 Å². The highest BCUT2D eigenvalue weighted by molar-refractivity contribution is 7.89. The molecule has 3 rings (SSSR count). The third-order valence-electron chi connectivity index (χ3n) is 4.27. The molecule has 2 aromatic rings. The number of hydrogen-bond donors (Lipinski definition) is 2. The van der Waals surface area contributed by atoms with Crippen LogP contribution in [0.5, 0.6) is 5.75 Å². The van der Waals surface area contributed by atoms with Crippen LogP contribution in [0.4, 0.5) is 5.69 Å². The monoisotopic (exact) mass is 387 g/mol. The second-order valence-corrected chi connectivity index (χ2v) is 7.90. The van der Waals surface area contributed by atoms with E-state index in [1.807, 2.05) is 18.2 Å². The molecule has 0 aliphatic heterocycles. The predicted molar refractivity (Wildman–Crippen MR) is 104 cm³/mol. The number of carbonyl (C=O) groups is 1. The highest BCUT2D eigenvalue weighted by Crippen LogP contribution is 2.26. The first-order valence-corrected chi connectivity index (χ1v) is 10.0. The largest absolute Gasteiger partial charge is 0.497 e. The van der Waals surface area contributed by atoms with E-state index in [9.17, 15) is 13.2 Å². The van der Waals surface area contributed by atoms with E-state index in [0.717, 1.165) is 29.7 Å². The number of ether oxygens (including phenoxy) is 1. The van der Waals surface area contributed by atoms with Crippen molar-refractivity contribution in [2.24, 2.45) is 5.10 Å². The summed E-state index contributed by atoms with van der Waals surface area (Å²) in [6, 6.07) is 11.6. The molecular formula is C19H21N3O4S. The molecule has 8 heteroatoms. The maximum Gasteiger partial charge on any atom is 0.276 e. The van der Waals surface area contributed by atoms with Gasteiger partial charge in [0.15, 0.2) is 0 Å². The molecule has 0 unspecified atom stereocenters. The Morgan fingerprint density at radius 2 is 1.85 bits per heavy atom. The van der Waals surface area contributed by atoms with E-state index in [4.69, 9.17) is 4.74 Å². The summed E-state index contributed by atoms with van der Waals surface area (Å²) in [5.74, 6) is 0.553. The number of benzene rings is 2. The van der Waals surface area contributed by atoms with Crippen molar-refractivity contribution in [2.45, 2.75) is 31.1 Å². The van der Waals surface area contributed by atoms with Crippen LogP contribution in [0.3, 0.4) is 0 Å². The number of methoxy groups -OCH3 is 1. The Morgan fingerprint density at radius 3 is 2.52 bits per heavy atom. The van der Waals surface area contributed by atoms with Crippen molar-refractivity contribution in [1.82, 2.24) is 4.83 Å². The summed E-state index contributed by atoms with van der Waals surface area (Å²) < 4.78 is 30.2. The molecule has 2 aromatic carbocycles. The molecule has 2 N–H and O–H groups in total. The maximum absolute atomic E-state index is 12.5. The van der Waals surface area contributed by atoms with Gasteiger partial charge in [-0.25, -0.2) is 0 Å². The van der Waals surface area contributed by atoms with Gasteiger partial charge in [0.25, 0.3) is 10.0 Å². The van der Waals surface area contributed by atoms with Crippen molar-refractivity contribution in [1.29, 1.82) is 0 Å². The number of amides is 1. The summed E-state index contributed by atoms with van der Waals surface area (Å²) in [6.07, 6.45) is 2.50. The second kappa shape index (κ2) is 7.79. The summed E-state index contributed by atoms with van der Waals surface area (Å²) >= 11 is 0. The highest BCUT2D eigenvalue weighted by atomic mass is 32.2. The molecule has 0 aromatic heterocycles. The summed E-state index contributed by atoms with van der Waals surface area (Å²) in [5.41, 5.74) is 3.27. The molecule has 1 amide bonds. The van der Waals surface area contributed by atoms with Crippen LogP contribution in [-0.4, -0.2) is 27.1 Å². The van der Waals surface area contributed by atoms with Crippen LogP contribution in [0, 0.1) is 0 Å². The second-order valence-electron chi connectivity index (χ2n) is 6.24. The van der Waals surface area contributed by atoms with Crippen LogP contribution >= 0.6 is 0 Å². The maximum atomic E-state index is 12.5. The van der Waals surface area contributed by atoms with Gasteiger partial charge >= 0.3 is 0 Å². The van der Waals surface area contributed by atoms with Gasteiger partial charge in [-0.05, 0) is 67.3 Å². The zero-order chi connectivity index (χ0) is 19.4. The van der Waals surface area contributed by atoms with Gasteiger partial charge in [-0.15, -0.1) is 0 Å². The van der Waals surface area contributed by atoms with E-state index in [-0.39, 0.29) is 10.8 Å². The molecule has 0 spiro atoms. The standard InChI is InChI=1S/C19H21N3O4S/c1-13(23)20-15-6-9-17(10-7-15)27(24,25)22-21-19-5-3-4-14-12-16(26-2)8-11-18(14)19/h6-12,22H,3-5H2,1-2H3,(H,20,23)/b21-19-. The van der Waals surface area contributed by atoms with E-state index in [0.29, 0.717) is 17.8 Å². The fourth-order valence-electron chi connectivity index (χ4n) is 2.97. The minimum absolute atomic E-state index is 0.0757. The van der Waals surface area contributed by atoms with Gasteiger partial charge in [-0.1, -0.05) is 0 Å². The molecule has 1 aliphatic carbocycles. The number of aryl methyl sites for hydroxylation is 1. The number of rotatable bonds is 5. The molecular weight excluding hydrogens is 366 g/mol. The van der Waals surface area contributed by atoms with Gasteiger partial charge in [0, 0.05) is 18.2 Å². The number of anilines is 1. The Balaban J connectivity index is 1.80. The molecule has 27 heavy (non-hydrogen) atoms. The Bertz CT molecular complexity index is 983. The Kier molecular flexibility index (Phi) is 5.46. The van der Waals surface area contributed by atoms with E-state index < -0.39 is 10.0 Å². The molecule has 0 fully saturated rings. The summed E-state index contributed by atoms with van der Waals surface area (Å²) in [4.78, 5) is 13.4. The van der Waals surface area contributed by atoms with E-state index in [1.165, 1.54) is 31.2 Å². The number of nitrogens with one attached hydrogen (secondary N) is 2. The molecule has 142 valence electrons. The quantitative estimate of drug-likeness (QED) is 0.771. The average Bonchev–Trinajstić information content (AvgIpc) is 2.65. The average molecular weight is 387 g/mol. The van der Waals surface area contributed by atoms with Crippen LogP contribution in [-0.2, 0) is 21.2 Å². The molecule has 1 aliphatic rings. The number of hydrogen-bond acceptors (Lipinski definition) is 5. The van der Waals surface area contributed by atoms with Crippen molar-refractivity contribution >= 4 is 27.3 Å². The fourth-order valence-corrected chi connectivity index (χ4v) is 3.80. The van der Waals surface area contributed by atoms with Crippen molar-refractivity contribution in [2.75, 3.05) is 12.4 Å². The lowest BCUT2D eigenvalue weighted by Gasteiger charge is -2.18. The number of fused-ring (bicyclic) bond motifs is 1. The minimum atomic E-state index is -3.80. The third kappa shape index (κ3) is 4.46. The summed E-state index contributed by atoms with van der Waals surface area (Å²) in [5, 5.41) is 6.76. The molecule has 0 saturated heterocycles. The zero-order valence-corrected chi connectivity index (χ0v) is 16.0. The lowest BCUT2D eigenvalue weighted by atomic mass is 9.90. The Morgan fingerprint density at radius 1 is 1.11 bits per heavy atom. The van der Waals surface area contributed by atoms with Gasteiger partial charge in [0.05, 0.1) is 17.7 Å². The van der Waals surface area contributed by atoms with Crippen molar-refractivity contribution in [3.8, 4) is 5.75 Å².